The first kappa shape index (κ1) is 22.1. The molecule has 134 valence electrons. The van der Waals surface area contributed by atoms with Crippen LogP contribution in [0.25, 0.3) is 0 Å². The summed E-state index contributed by atoms with van der Waals surface area (Å²) in [6, 6.07) is 0. The van der Waals surface area contributed by atoms with Crippen LogP contribution in [-0.2, 0) is 13.3 Å². The van der Waals surface area contributed by atoms with E-state index in [4.69, 9.17) is 19.0 Å². The third kappa shape index (κ3) is 9.25. The highest BCUT2D eigenvalue weighted by molar-refractivity contribution is 6.62. The van der Waals surface area contributed by atoms with Crippen molar-refractivity contribution >= 4 is 8.80 Å². The number of unbranched alkanes of at least 4 members (excludes halogenated alkanes) is 9. The van der Waals surface area contributed by atoms with Gasteiger partial charge < -0.3 is 19.0 Å². The molecule has 0 aromatic heterocycles. The highest BCUT2D eigenvalue weighted by Gasteiger charge is 2.43. The normalized spacial score (nSPS) is 13.5. The van der Waals surface area contributed by atoms with E-state index in [1.165, 1.54) is 64.2 Å². The maximum absolute atomic E-state index is 5.54. The average molecular weight is 334 g/mol. The third-order valence-electron chi connectivity index (χ3n) is 4.55. The minimum atomic E-state index is -2.43. The van der Waals surface area contributed by atoms with E-state index in [1.54, 1.807) is 21.3 Å². The monoisotopic (exact) mass is 333 g/mol. The van der Waals surface area contributed by atoms with Gasteiger partial charge in [-0.1, -0.05) is 64.7 Å². The van der Waals surface area contributed by atoms with Crippen molar-refractivity contribution < 1.29 is 13.3 Å². The Morgan fingerprint density at radius 2 is 1.05 bits per heavy atom. The second-order valence-electron chi connectivity index (χ2n) is 6.23. The Hall–Kier alpha value is 0.0569. The van der Waals surface area contributed by atoms with E-state index in [-0.39, 0.29) is 0 Å². The molecule has 4 nitrogen and oxygen atoms in total. The Labute approximate surface area is 139 Å². The molecule has 1 atom stereocenters. The standard InChI is InChI=1S/C17H39NO3Si/c1-17(22(19-2,20-3)21-4)15-13-11-9-7-5-6-8-10-12-14-16-18/h17H,5-16,18H2,1-4H3. The molecule has 0 aromatic rings. The number of hydrogen-bond donors (Lipinski definition) is 1. The van der Waals surface area contributed by atoms with E-state index in [2.05, 4.69) is 6.92 Å². The molecule has 1 unspecified atom stereocenters. The molecule has 0 aliphatic heterocycles. The number of nitrogens with two attached hydrogens (primary N) is 1. The van der Waals surface area contributed by atoms with Crippen LogP contribution in [0.15, 0.2) is 0 Å². The largest absolute Gasteiger partial charge is 0.503 e. The second kappa shape index (κ2) is 14.6. The fourth-order valence-electron chi connectivity index (χ4n) is 3.04. The predicted molar refractivity (Wildman–Crippen MR) is 96.0 cm³/mol. The summed E-state index contributed by atoms with van der Waals surface area (Å²) in [6.45, 7) is 3.03. The summed E-state index contributed by atoms with van der Waals surface area (Å²) in [7, 11) is 2.67. The van der Waals surface area contributed by atoms with Crippen molar-refractivity contribution in [3.05, 3.63) is 0 Å². The van der Waals surface area contributed by atoms with Crippen LogP contribution >= 0.6 is 0 Å². The quantitative estimate of drug-likeness (QED) is 0.334. The number of rotatable bonds is 16. The summed E-state index contributed by atoms with van der Waals surface area (Å²) in [6.07, 6.45) is 14.4. The lowest BCUT2D eigenvalue weighted by Crippen LogP contribution is -2.46. The van der Waals surface area contributed by atoms with Crippen LogP contribution in [-0.4, -0.2) is 36.7 Å². The van der Waals surface area contributed by atoms with E-state index in [9.17, 15) is 0 Å². The first-order valence-corrected chi connectivity index (χ1v) is 10.8. The van der Waals surface area contributed by atoms with Crippen LogP contribution in [0.5, 0.6) is 0 Å². The summed E-state index contributed by atoms with van der Waals surface area (Å²) < 4.78 is 16.6. The maximum Gasteiger partial charge on any atom is 0.503 e. The van der Waals surface area contributed by atoms with Gasteiger partial charge in [-0.25, -0.2) is 0 Å². The van der Waals surface area contributed by atoms with Gasteiger partial charge >= 0.3 is 8.80 Å². The van der Waals surface area contributed by atoms with Crippen molar-refractivity contribution in [2.75, 3.05) is 27.9 Å². The zero-order valence-corrected chi connectivity index (χ0v) is 16.4. The minimum absolute atomic E-state index is 0.370. The molecular formula is C17H39NO3Si. The molecule has 0 saturated heterocycles. The topological polar surface area (TPSA) is 53.7 Å². The Balaban J connectivity index is 3.49. The summed E-state index contributed by atoms with van der Waals surface area (Å²) in [5.41, 5.74) is 5.86. The Kier molecular flexibility index (Phi) is 14.7. The van der Waals surface area contributed by atoms with Crippen LogP contribution in [0, 0.1) is 0 Å². The van der Waals surface area contributed by atoms with Gasteiger partial charge in [-0.3, -0.25) is 0 Å². The molecule has 0 amide bonds. The second-order valence-corrected chi connectivity index (χ2v) is 9.65. The average Bonchev–Trinajstić information content (AvgIpc) is 2.55. The molecular weight excluding hydrogens is 294 g/mol. The van der Waals surface area contributed by atoms with Gasteiger partial charge in [0.05, 0.1) is 0 Å². The SMILES string of the molecule is CO[Si](OC)(OC)C(C)CCCCCCCCCCCCN. The molecule has 0 aromatic carbocycles. The molecule has 2 N–H and O–H groups in total. The molecule has 0 bridgehead atoms. The van der Waals surface area contributed by atoms with E-state index in [0.717, 1.165) is 13.0 Å². The summed E-state index contributed by atoms with van der Waals surface area (Å²) in [5, 5.41) is 0. The van der Waals surface area contributed by atoms with Crippen LogP contribution in [0.2, 0.25) is 5.54 Å². The Morgan fingerprint density at radius 1 is 0.682 bits per heavy atom. The lowest BCUT2D eigenvalue weighted by Gasteiger charge is -2.30. The van der Waals surface area contributed by atoms with Crippen LogP contribution < -0.4 is 5.73 Å². The van der Waals surface area contributed by atoms with E-state index < -0.39 is 8.80 Å². The predicted octanol–water partition coefficient (Wildman–Crippen LogP) is 4.50. The molecule has 0 rings (SSSR count). The summed E-state index contributed by atoms with van der Waals surface area (Å²) in [4.78, 5) is 0. The smallest absolute Gasteiger partial charge is 0.377 e. The molecule has 5 heteroatoms. The molecule has 0 spiro atoms. The lowest BCUT2D eigenvalue weighted by molar-refractivity contribution is 0.111. The first-order valence-electron chi connectivity index (χ1n) is 9.02. The van der Waals surface area contributed by atoms with E-state index >= 15 is 0 Å². The molecule has 22 heavy (non-hydrogen) atoms. The third-order valence-corrected chi connectivity index (χ3v) is 7.75. The fraction of sp³-hybridized carbons (Fsp3) is 1.00. The zero-order valence-electron chi connectivity index (χ0n) is 15.4. The Morgan fingerprint density at radius 3 is 1.41 bits per heavy atom. The van der Waals surface area contributed by atoms with Crippen molar-refractivity contribution in [3.8, 4) is 0 Å². The van der Waals surface area contributed by atoms with Gasteiger partial charge in [-0.2, -0.15) is 0 Å². The molecule has 0 radical (unpaired) electrons. The van der Waals surface area contributed by atoms with Crippen LogP contribution in [0.1, 0.15) is 77.6 Å². The molecule has 0 fully saturated rings. The zero-order chi connectivity index (χ0) is 16.7. The molecule has 0 saturated carbocycles. The number of hydrogen-bond acceptors (Lipinski definition) is 4. The maximum atomic E-state index is 5.54. The van der Waals surface area contributed by atoms with Crippen LogP contribution in [0.3, 0.4) is 0 Å². The van der Waals surface area contributed by atoms with Gasteiger partial charge in [0.1, 0.15) is 0 Å². The van der Waals surface area contributed by atoms with Crippen molar-refractivity contribution in [2.24, 2.45) is 5.73 Å². The fourth-order valence-corrected chi connectivity index (χ4v) is 5.30. The highest BCUT2D eigenvalue weighted by Crippen LogP contribution is 2.29. The van der Waals surface area contributed by atoms with Gasteiger partial charge in [0, 0.05) is 26.9 Å². The Bertz CT molecular complexity index is 230. The van der Waals surface area contributed by atoms with Gasteiger partial charge in [0.15, 0.2) is 0 Å². The van der Waals surface area contributed by atoms with E-state index in [1.807, 2.05) is 0 Å². The molecule has 0 aliphatic rings. The first-order chi connectivity index (χ1) is 10.7. The van der Waals surface area contributed by atoms with Gasteiger partial charge in [-0.15, -0.1) is 0 Å². The molecule has 0 heterocycles. The van der Waals surface area contributed by atoms with Crippen molar-refractivity contribution in [3.63, 3.8) is 0 Å². The van der Waals surface area contributed by atoms with Gasteiger partial charge in [-0.05, 0) is 19.4 Å². The van der Waals surface area contributed by atoms with Gasteiger partial charge in [0.25, 0.3) is 0 Å². The lowest BCUT2D eigenvalue weighted by atomic mass is 10.1. The van der Waals surface area contributed by atoms with Crippen molar-refractivity contribution in [1.29, 1.82) is 0 Å². The van der Waals surface area contributed by atoms with Crippen LogP contribution in [0.4, 0.5) is 0 Å². The van der Waals surface area contributed by atoms with Crippen molar-refractivity contribution in [2.45, 2.75) is 83.1 Å². The van der Waals surface area contributed by atoms with Crippen molar-refractivity contribution in [1.82, 2.24) is 0 Å². The minimum Gasteiger partial charge on any atom is -0.377 e. The summed E-state index contributed by atoms with van der Waals surface area (Å²) >= 11 is 0. The van der Waals surface area contributed by atoms with E-state index in [0.29, 0.717) is 5.54 Å². The van der Waals surface area contributed by atoms with Gasteiger partial charge in [0.2, 0.25) is 0 Å². The summed E-state index contributed by atoms with van der Waals surface area (Å²) in [5.74, 6) is 0. The highest BCUT2D eigenvalue weighted by atomic mass is 28.4. The molecule has 0 aliphatic carbocycles.